The topological polar surface area (TPSA) is 20.3 Å². The van der Waals surface area contributed by atoms with Crippen LogP contribution in [-0.2, 0) is 6.42 Å². The van der Waals surface area contributed by atoms with Crippen LogP contribution in [0, 0.1) is 0 Å². The minimum Gasteiger partial charge on any atom is -0.378 e. The molecular formula is C16H16BrNO. The monoisotopic (exact) mass is 317 g/mol. The van der Waals surface area contributed by atoms with E-state index in [0.29, 0.717) is 6.42 Å². The van der Waals surface area contributed by atoms with Crippen LogP contribution in [0.3, 0.4) is 0 Å². The SMILES string of the molecule is CN(C)c1ccc(C(=O)Cc2cccc(Br)c2)cc1. The van der Waals surface area contributed by atoms with Gasteiger partial charge in [-0.2, -0.15) is 0 Å². The van der Waals surface area contributed by atoms with Gasteiger partial charge in [-0.05, 0) is 42.0 Å². The summed E-state index contributed by atoms with van der Waals surface area (Å²) in [6.45, 7) is 0. The molecule has 0 N–H and O–H groups in total. The first-order valence-electron chi connectivity index (χ1n) is 6.11. The van der Waals surface area contributed by atoms with E-state index in [0.717, 1.165) is 21.3 Å². The molecule has 0 aromatic heterocycles. The molecule has 0 amide bonds. The molecule has 0 unspecified atom stereocenters. The zero-order valence-electron chi connectivity index (χ0n) is 11.1. The molecule has 0 aliphatic carbocycles. The van der Waals surface area contributed by atoms with Gasteiger partial charge in [-0.15, -0.1) is 0 Å². The largest absolute Gasteiger partial charge is 0.378 e. The molecule has 0 saturated heterocycles. The zero-order chi connectivity index (χ0) is 13.8. The number of Topliss-reactive ketones (excluding diaryl/α,β-unsaturated/α-hetero) is 1. The van der Waals surface area contributed by atoms with Crippen molar-refractivity contribution in [3.8, 4) is 0 Å². The van der Waals surface area contributed by atoms with E-state index in [2.05, 4.69) is 15.9 Å². The fourth-order valence-corrected chi connectivity index (χ4v) is 2.33. The van der Waals surface area contributed by atoms with Crippen LogP contribution < -0.4 is 4.90 Å². The Labute approximate surface area is 122 Å². The van der Waals surface area contributed by atoms with Crippen molar-refractivity contribution in [2.45, 2.75) is 6.42 Å². The van der Waals surface area contributed by atoms with Crippen LogP contribution in [0.2, 0.25) is 0 Å². The number of rotatable bonds is 4. The van der Waals surface area contributed by atoms with Crippen molar-refractivity contribution in [3.63, 3.8) is 0 Å². The number of hydrogen-bond donors (Lipinski definition) is 0. The average Bonchev–Trinajstić information content (AvgIpc) is 2.39. The average molecular weight is 318 g/mol. The Morgan fingerprint density at radius 3 is 2.37 bits per heavy atom. The van der Waals surface area contributed by atoms with Gasteiger partial charge in [0.15, 0.2) is 5.78 Å². The van der Waals surface area contributed by atoms with E-state index < -0.39 is 0 Å². The summed E-state index contributed by atoms with van der Waals surface area (Å²) in [6.07, 6.45) is 0.431. The van der Waals surface area contributed by atoms with Gasteiger partial charge >= 0.3 is 0 Å². The predicted molar refractivity (Wildman–Crippen MR) is 82.9 cm³/mol. The summed E-state index contributed by atoms with van der Waals surface area (Å²) in [5, 5.41) is 0. The molecule has 2 nitrogen and oxygen atoms in total. The normalized spacial score (nSPS) is 10.3. The molecule has 19 heavy (non-hydrogen) atoms. The van der Waals surface area contributed by atoms with Gasteiger partial charge in [0.25, 0.3) is 0 Å². The third-order valence-electron chi connectivity index (χ3n) is 2.96. The van der Waals surface area contributed by atoms with Crippen molar-refractivity contribution in [1.82, 2.24) is 0 Å². The molecule has 0 heterocycles. The molecule has 2 aromatic rings. The molecule has 0 aliphatic rings. The molecule has 0 saturated carbocycles. The molecule has 2 rings (SSSR count). The second-order valence-electron chi connectivity index (χ2n) is 4.67. The van der Waals surface area contributed by atoms with Crippen LogP contribution in [0.5, 0.6) is 0 Å². The third kappa shape index (κ3) is 3.67. The van der Waals surface area contributed by atoms with Gasteiger partial charge in [0.2, 0.25) is 0 Å². The Bertz CT molecular complexity index is 576. The number of anilines is 1. The van der Waals surface area contributed by atoms with Crippen molar-refractivity contribution >= 4 is 27.4 Å². The lowest BCUT2D eigenvalue weighted by Gasteiger charge is -2.12. The van der Waals surface area contributed by atoms with Crippen LogP contribution in [0.15, 0.2) is 53.0 Å². The summed E-state index contributed by atoms with van der Waals surface area (Å²) >= 11 is 3.42. The molecule has 98 valence electrons. The molecule has 3 heteroatoms. The highest BCUT2D eigenvalue weighted by Gasteiger charge is 2.07. The minimum atomic E-state index is 0.142. The molecule has 0 radical (unpaired) electrons. The van der Waals surface area contributed by atoms with Gasteiger partial charge in [0, 0.05) is 36.2 Å². The van der Waals surface area contributed by atoms with Gasteiger partial charge < -0.3 is 4.90 Å². The third-order valence-corrected chi connectivity index (χ3v) is 3.45. The van der Waals surface area contributed by atoms with Gasteiger partial charge in [0.05, 0.1) is 0 Å². The predicted octanol–water partition coefficient (Wildman–Crippen LogP) is 3.94. The maximum Gasteiger partial charge on any atom is 0.167 e. The Balaban J connectivity index is 2.11. The first-order chi connectivity index (χ1) is 9.06. The summed E-state index contributed by atoms with van der Waals surface area (Å²) in [5.74, 6) is 0.142. The molecule has 0 bridgehead atoms. The van der Waals surface area contributed by atoms with Crippen LogP contribution in [0.4, 0.5) is 5.69 Å². The summed E-state index contributed by atoms with van der Waals surface area (Å²) in [5.41, 5.74) is 2.88. The van der Waals surface area contributed by atoms with Crippen molar-refractivity contribution in [2.75, 3.05) is 19.0 Å². The first-order valence-corrected chi connectivity index (χ1v) is 6.90. The standard InChI is InChI=1S/C16H16BrNO/c1-18(2)15-8-6-13(7-9-15)16(19)11-12-4-3-5-14(17)10-12/h3-10H,11H2,1-2H3. The minimum absolute atomic E-state index is 0.142. The number of ketones is 1. The Hall–Kier alpha value is -1.61. The van der Waals surface area contributed by atoms with Crippen LogP contribution in [0.1, 0.15) is 15.9 Å². The number of benzene rings is 2. The molecular weight excluding hydrogens is 302 g/mol. The van der Waals surface area contributed by atoms with Gasteiger partial charge in [-0.25, -0.2) is 0 Å². The smallest absolute Gasteiger partial charge is 0.167 e. The lowest BCUT2D eigenvalue weighted by molar-refractivity contribution is 0.0993. The lowest BCUT2D eigenvalue weighted by atomic mass is 10.0. The van der Waals surface area contributed by atoms with Crippen LogP contribution in [0.25, 0.3) is 0 Å². The second-order valence-corrected chi connectivity index (χ2v) is 5.59. The summed E-state index contributed by atoms with van der Waals surface area (Å²) in [6, 6.07) is 15.6. The summed E-state index contributed by atoms with van der Waals surface area (Å²) in [4.78, 5) is 14.2. The van der Waals surface area contributed by atoms with E-state index in [1.165, 1.54) is 0 Å². The molecule has 0 atom stereocenters. The van der Waals surface area contributed by atoms with Gasteiger partial charge in [-0.1, -0.05) is 28.1 Å². The van der Waals surface area contributed by atoms with E-state index in [1.54, 1.807) is 0 Å². The van der Waals surface area contributed by atoms with Crippen LogP contribution in [-0.4, -0.2) is 19.9 Å². The first kappa shape index (κ1) is 13.8. The summed E-state index contributed by atoms with van der Waals surface area (Å²) < 4.78 is 1.00. The zero-order valence-corrected chi connectivity index (χ0v) is 12.6. The number of halogens is 1. The van der Waals surface area contributed by atoms with Crippen molar-refractivity contribution in [1.29, 1.82) is 0 Å². The fourth-order valence-electron chi connectivity index (χ4n) is 1.88. The number of carbonyl (C=O) groups excluding carboxylic acids is 1. The Morgan fingerprint density at radius 1 is 1.11 bits per heavy atom. The quantitative estimate of drug-likeness (QED) is 0.796. The van der Waals surface area contributed by atoms with Crippen molar-refractivity contribution < 1.29 is 4.79 Å². The number of carbonyl (C=O) groups is 1. The van der Waals surface area contributed by atoms with E-state index >= 15 is 0 Å². The Morgan fingerprint density at radius 2 is 1.79 bits per heavy atom. The maximum atomic E-state index is 12.2. The van der Waals surface area contributed by atoms with E-state index in [4.69, 9.17) is 0 Å². The van der Waals surface area contributed by atoms with E-state index in [1.807, 2.05) is 67.5 Å². The number of nitrogens with zero attached hydrogens (tertiary/aromatic N) is 1. The molecule has 0 fully saturated rings. The highest BCUT2D eigenvalue weighted by Crippen LogP contribution is 2.16. The van der Waals surface area contributed by atoms with Gasteiger partial charge in [-0.3, -0.25) is 4.79 Å². The highest BCUT2D eigenvalue weighted by molar-refractivity contribution is 9.10. The molecule has 0 spiro atoms. The van der Waals surface area contributed by atoms with Crippen molar-refractivity contribution in [3.05, 3.63) is 64.1 Å². The van der Waals surface area contributed by atoms with Crippen molar-refractivity contribution in [2.24, 2.45) is 0 Å². The molecule has 2 aromatic carbocycles. The van der Waals surface area contributed by atoms with Crippen LogP contribution >= 0.6 is 15.9 Å². The van der Waals surface area contributed by atoms with E-state index in [9.17, 15) is 4.79 Å². The Kier molecular flexibility index (Phi) is 4.38. The fraction of sp³-hybridized carbons (Fsp3) is 0.188. The van der Waals surface area contributed by atoms with Gasteiger partial charge in [0.1, 0.15) is 0 Å². The number of hydrogen-bond acceptors (Lipinski definition) is 2. The van der Waals surface area contributed by atoms with E-state index in [-0.39, 0.29) is 5.78 Å². The second kappa shape index (κ2) is 6.02. The maximum absolute atomic E-state index is 12.2. The highest BCUT2D eigenvalue weighted by atomic mass is 79.9. The summed E-state index contributed by atoms with van der Waals surface area (Å²) in [7, 11) is 3.97. The lowest BCUT2D eigenvalue weighted by Crippen LogP contribution is -2.09. The molecule has 0 aliphatic heterocycles.